The SMILES string of the molecule is O=c1cc(-c2ccccc2)oc2cc(OSC(F)(F)F)ccc12. The van der Waals surface area contributed by atoms with E-state index in [2.05, 4.69) is 4.18 Å². The fourth-order valence-corrected chi connectivity index (χ4v) is 2.32. The largest absolute Gasteiger partial charge is 0.479 e. The summed E-state index contributed by atoms with van der Waals surface area (Å²) in [6.45, 7) is 0. The van der Waals surface area contributed by atoms with Gasteiger partial charge in [0, 0.05) is 17.7 Å². The molecule has 0 bridgehead atoms. The van der Waals surface area contributed by atoms with Gasteiger partial charge in [0.2, 0.25) is 0 Å². The van der Waals surface area contributed by atoms with Crippen molar-refractivity contribution in [3.63, 3.8) is 0 Å². The smallest absolute Gasteiger partial charge is 0.456 e. The number of rotatable bonds is 3. The van der Waals surface area contributed by atoms with Crippen molar-refractivity contribution in [1.29, 1.82) is 0 Å². The fraction of sp³-hybridized carbons (Fsp3) is 0.0625. The first kappa shape index (κ1) is 15.5. The minimum Gasteiger partial charge on any atom is -0.456 e. The lowest BCUT2D eigenvalue weighted by Crippen LogP contribution is -2.03. The second-order valence-corrected chi connectivity index (χ2v) is 5.41. The highest BCUT2D eigenvalue weighted by Crippen LogP contribution is 2.33. The van der Waals surface area contributed by atoms with Gasteiger partial charge in [-0.25, -0.2) is 0 Å². The van der Waals surface area contributed by atoms with Gasteiger partial charge < -0.3 is 8.60 Å². The highest BCUT2D eigenvalue weighted by atomic mass is 32.2. The molecular formula is C16H9F3O3S. The van der Waals surface area contributed by atoms with Gasteiger partial charge in [-0.05, 0) is 12.1 Å². The summed E-state index contributed by atoms with van der Waals surface area (Å²) in [6, 6.07) is 14.2. The molecule has 0 fully saturated rings. The number of fused-ring (bicyclic) bond motifs is 1. The van der Waals surface area contributed by atoms with Crippen molar-refractivity contribution in [2.45, 2.75) is 5.51 Å². The molecule has 3 aromatic rings. The molecule has 2 aromatic carbocycles. The average molecular weight is 338 g/mol. The van der Waals surface area contributed by atoms with Crippen LogP contribution in [0.4, 0.5) is 13.2 Å². The van der Waals surface area contributed by atoms with Crippen LogP contribution in [0, 0.1) is 0 Å². The van der Waals surface area contributed by atoms with Gasteiger partial charge in [0.1, 0.15) is 17.1 Å². The summed E-state index contributed by atoms with van der Waals surface area (Å²) in [7, 11) is 0. The van der Waals surface area contributed by atoms with Crippen LogP contribution in [0.1, 0.15) is 0 Å². The Morgan fingerprint density at radius 1 is 1.00 bits per heavy atom. The third-order valence-electron chi connectivity index (χ3n) is 2.99. The van der Waals surface area contributed by atoms with Crippen molar-refractivity contribution >= 4 is 23.0 Å². The van der Waals surface area contributed by atoms with E-state index >= 15 is 0 Å². The van der Waals surface area contributed by atoms with Crippen molar-refractivity contribution in [3.8, 4) is 17.1 Å². The molecule has 0 aliphatic heterocycles. The van der Waals surface area contributed by atoms with Crippen molar-refractivity contribution in [2.24, 2.45) is 0 Å². The summed E-state index contributed by atoms with van der Waals surface area (Å²) in [5, 5.41) is 0.272. The summed E-state index contributed by atoms with van der Waals surface area (Å²) < 4.78 is 46.7. The molecule has 0 radical (unpaired) electrons. The third-order valence-corrected chi connectivity index (χ3v) is 3.46. The Bertz CT molecular complexity index is 888. The first-order chi connectivity index (χ1) is 10.9. The van der Waals surface area contributed by atoms with E-state index in [4.69, 9.17) is 4.42 Å². The first-order valence-corrected chi connectivity index (χ1v) is 7.22. The molecule has 0 spiro atoms. The van der Waals surface area contributed by atoms with E-state index in [9.17, 15) is 18.0 Å². The first-order valence-electron chi connectivity index (χ1n) is 6.48. The average Bonchev–Trinajstić information content (AvgIpc) is 2.53. The van der Waals surface area contributed by atoms with Crippen LogP contribution in [0.15, 0.2) is 63.8 Å². The molecule has 0 saturated carbocycles. The predicted molar refractivity (Wildman–Crippen MR) is 82.2 cm³/mol. The minimum absolute atomic E-state index is 0.0480. The van der Waals surface area contributed by atoms with Crippen LogP contribution >= 0.6 is 12.0 Å². The summed E-state index contributed by atoms with van der Waals surface area (Å²) in [4.78, 5) is 12.1. The van der Waals surface area contributed by atoms with E-state index in [1.807, 2.05) is 6.07 Å². The maximum Gasteiger partial charge on any atom is 0.479 e. The van der Waals surface area contributed by atoms with Gasteiger partial charge in [-0.1, -0.05) is 30.3 Å². The standard InChI is InChI=1S/C16H9F3O3S/c17-16(18,19)23-22-11-6-7-12-13(20)9-14(21-15(12)8-11)10-4-2-1-3-5-10/h1-9H. The van der Waals surface area contributed by atoms with E-state index in [1.54, 1.807) is 24.3 Å². The maximum absolute atomic E-state index is 12.2. The Morgan fingerprint density at radius 2 is 1.74 bits per heavy atom. The number of halogens is 3. The Kier molecular flexibility index (Phi) is 4.04. The molecule has 7 heteroatoms. The number of hydrogen-bond acceptors (Lipinski definition) is 4. The van der Waals surface area contributed by atoms with Crippen LogP contribution < -0.4 is 9.61 Å². The van der Waals surface area contributed by atoms with Crippen molar-refractivity contribution in [3.05, 3.63) is 64.8 Å². The number of hydrogen-bond donors (Lipinski definition) is 0. The monoisotopic (exact) mass is 338 g/mol. The Morgan fingerprint density at radius 3 is 2.43 bits per heavy atom. The van der Waals surface area contributed by atoms with E-state index in [1.165, 1.54) is 24.3 Å². The summed E-state index contributed by atoms with van der Waals surface area (Å²) in [5.41, 5.74) is -3.93. The molecule has 0 atom stereocenters. The molecule has 0 N–H and O–H groups in total. The van der Waals surface area contributed by atoms with Crippen LogP contribution in [-0.4, -0.2) is 5.51 Å². The van der Waals surface area contributed by atoms with Gasteiger partial charge in [-0.15, -0.1) is 0 Å². The van der Waals surface area contributed by atoms with Gasteiger partial charge >= 0.3 is 5.51 Å². The van der Waals surface area contributed by atoms with Crippen LogP contribution in [0.5, 0.6) is 5.75 Å². The molecule has 0 unspecified atom stereocenters. The lowest BCUT2D eigenvalue weighted by atomic mass is 10.1. The predicted octanol–water partition coefficient (Wildman–Crippen LogP) is 5.01. The summed E-state index contributed by atoms with van der Waals surface area (Å²) >= 11 is -0.620. The molecule has 3 rings (SSSR count). The molecule has 0 aliphatic rings. The number of benzene rings is 2. The van der Waals surface area contributed by atoms with E-state index < -0.39 is 17.6 Å². The lowest BCUT2D eigenvalue weighted by Gasteiger charge is -2.07. The molecule has 1 heterocycles. The highest BCUT2D eigenvalue weighted by molar-refractivity contribution is 7.95. The zero-order chi connectivity index (χ0) is 16.4. The molecule has 0 amide bonds. The normalized spacial score (nSPS) is 11.6. The van der Waals surface area contributed by atoms with Crippen LogP contribution in [-0.2, 0) is 0 Å². The topological polar surface area (TPSA) is 39.4 Å². The Balaban J connectivity index is 2.02. The summed E-state index contributed by atoms with van der Waals surface area (Å²) in [5.74, 6) is 0.289. The van der Waals surface area contributed by atoms with Crippen molar-refractivity contribution in [2.75, 3.05) is 0 Å². The molecule has 0 saturated heterocycles. The van der Waals surface area contributed by atoms with E-state index in [0.717, 1.165) is 0 Å². The van der Waals surface area contributed by atoms with Gasteiger partial charge in [0.25, 0.3) is 0 Å². The second kappa shape index (κ2) is 6.00. The third kappa shape index (κ3) is 3.68. The minimum atomic E-state index is -4.51. The molecule has 23 heavy (non-hydrogen) atoms. The zero-order valence-electron chi connectivity index (χ0n) is 11.5. The van der Waals surface area contributed by atoms with Gasteiger partial charge in [-0.2, -0.15) is 13.2 Å². The second-order valence-electron chi connectivity index (χ2n) is 4.61. The Labute approximate surface area is 132 Å². The zero-order valence-corrected chi connectivity index (χ0v) is 12.3. The number of alkyl halides is 3. The van der Waals surface area contributed by atoms with Crippen molar-refractivity contribution in [1.82, 2.24) is 0 Å². The van der Waals surface area contributed by atoms with Crippen molar-refractivity contribution < 1.29 is 21.8 Å². The highest BCUT2D eigenvalue weighted by Gasteiger charge is 2.31. The quantitative estimate of drug-likeness (QED) is 0.630. The van der Waals surface area contributed by atoms with Gasteiger partial charge in [0.15, 0.2) is 17.5 Å². The van der Waals surface area contributed by atoms with Gasteiger partial charge in [0.05, 0.1) is 5.39 Å². The summed E-state index contributed by atoms with van der Waals surface area (Å²) in [6.07, 6.45) is 0. The lowest BCUT2D eigenvalue weighted by molar-refractivity contribution is -0.0369. The van der Waals surface area contributed by atoms with Crippen LogP contribution in [0.25, 0.3) is 22.3 Å². The Hall–Kier alpha value is -2.41. The van der Waals surface area contributed by atoms with E-state index in [-0.39, 0.29) is 22.1 Å². The van der Waals surface area contributed by atoms with Gasteiger partial charge in [-0.3, -0.25) is 4.79 Å². The molecule has 0 aliphatic carbocycles. The van der Waals surface area contributed by atoms with Crippen LogP contribution in [0.2, 0.25) is 0 Å². The molecule has 118 valence electrons. The van der Waals surface area contributed by atoms with Crippen LogP contribution in [0.3, 0.4) is 0 Å². The molecule has 3 nitrogen and oxygen atoms in total. The fourth-order valence-electron chi connectivity index (χ4n) is 2.03. The van der Waals surface area contributed by atoms with E-state index in [0.29, 0.717) is 11.3 Å². The maximum atomic E-state index is 12.2. The molecule has 1 aromatic heterocycles. The molecular weight excluding hydrogens is 329 g/mol.